The topological polar surface area (TPSA) is 43.5 Å². The lowest BCUT2D eigenvalue weighted by Crippen LogP contribution is -2.16. The fraction of sp³-hybridized carbons (Fsp3) is 1.00. The van der Waals surface area contributed by atoms with Crippen molar-refractivity contribution in [3.05, 3.63) is 0 Å². The average Bonchev–Trinajstić information content (AvgIpc) is 2.46. The quantitative estimate of drug-likeness (QED) is 0.178. The van der Waals surface area contributed by atoms with Crippen LogP contribution in [-0.2, 0) is 18.6 Å². The molecule has 1 aliphatic heterocycles. The Morgan fingerprint density at radius 2 is 1.57 bits per heavy atom. The van der Waals surface area contributed by atoms with Gasteiger partial charge in [0.2, 0.25) is 0 Å². The van der Waals surface area contributed by atoms with Crippen LogP contribution in [0.3, 0.4) is 0 Å². The summed E-state index contributed by atoms with van der Waals surface area (Å²) in [6.45, 7) is 0. The molecule has 4 nitrogen and oxygen atoms in total. The molecule has 7 heavy (non-hydrogen) atoms. The lowest BCUT2D eigenvalue weighted by molar-refractivity contribution is -0.115. The third-order valence-corrected chi connectivity index (χ3v) is 1.72. The molecule has 0 N–H and O–H groups in total. The number of hydrogen-bond acceptors (Lipinski definition) is 4. The first kappa shape index (κ1) is 5.41. The van der Waals surface area contributed by atoms with Gasteiger partial charge in [-0.25, -0.2) is 0 Å². The van der Waals surface area contributed by atoms with Crippen molar-refractivity contribution in [1.82, 2.24) is 0 Å². The molecule has 0 atom stereocenters. The molecule has 0 saturated carbocycles. The molecule has 0 bridgehead atoms. The van der Waals surface area contributed by atoms with E-state index in [2.05, 4.69) is 9.78 Å². The van der Waals surface area contributed by atoms with Gasteiger partial charge in [-0.1, -0.05) is 0 Å². The van der Waals surface area contributed by atoms with Crippen molar-refractivity contribution in [3.63, 3.8) is 0 Å². The van der Waals surface area contributed by atoms with Gasteiger partial charge in [0.25, 0.3) is 0 Å². The van der Waals surface area contributed by atoms with Crippen LogP contribution in [0.5, 0.6) is 0 Å². The van der Waals surface area contributed by atoms with Gasteiger partial charge in [-0.05, 0) is 0 Å². The third kappa shape index (κ3) is 0.902. The van der Waals surface area contributed by atoms with Gasteiger partial charge in [0.05, 0.1) is 0 Å². The Bertz CT molecular complexity index is 64.1. The third-order valence-electron chi connectivity index (χ3n) is 0.719. The van der Waals surface area contributed by atoms with Crippen molar-refractivity contribution in [1.29, 1.82) is 0 Å². The predicted octanol–water partition coefficient (Wildman–Crippen LogP) is -2.85. The highest BCUT2D eigenvalue weighted by Crippen LogP contribution is 2.29. The zero-order valence-corrected chi connectivity index (χ0v) is 8.13. The van der Waals surface area contributed by atoms with Gasteiger partial charge in [0, 0.05) is 0 Å². The minimum Gasteiger partial charge on any atom is -0.354 e. The summed E-state index contributed by atoms with van der Waals surface area (Å²) in [5.74, 6) is 0. The van der Waals surface area contributed by atoms with Crippen molar-refractivity contribution in [2.45, 2.75) is 6.16 Å². The highest BCUT2D eigenvalue weighted by molar-refractivity contribution is 6.00. The van der Waals surface area contributed by atoms with Gasteiger partial charge in [0.1, 0.15) is 0 Å². The van der Waals surface area contributed by atoms with Crippen molar-refractivity contribution in [2.75, 3.05) is 0 Å². The minimum atomic E-state index is -1.04. The highest BCUT2D eigenvalue weighted by atomic mass is 28.2. The van der Waals surface area contributed by atoms with E-state index in [0.29, 0.717) is 21.0 Å². The van der Waals surface area contributed by atoms with E-state index in [1.165, 1.54) is 0 Å². The summed E-state index contributed by atoms with van der Waals surface area (Å²) in [7, 11) is 1.13. The number of rotatable bonds is 2. The van der Waals surface area contributed by atoms with Gasteiger partial charge >= 0.3 is 6.16 Å². The van der Waals surface area contributed by atoms with E-state index in [-0.39, 0.29) is 0 Å². The summed E-state index contributed by atoms with van der Waals surface area (Å²) in [6, 6.07) is 0. The fourth-order valence-corrected chi connectivity index (χ4v) is 1.19. The molecule has 0 aromatic rings. The first-order valence-corrected chi connectivity index (χ1v) is 3.43. The highest BCUT2D eigenvalue weighted by Gasteiger charge is 2.50. The molecule has 0 radical (unpaired) electrons. The molecule has 1 fully saturated rings. The van der Waals surface area contributed by atoms with Gasteiger partial charge < -0.3 is 8.85 Å². The maximum Gasteiger partial charge on any atom is 0.445 e. The van der Waals surface area contributed by atoms with Crippen LogP contribution in [0.4, 0.5) is 0 Å². The predicted molar refractivity (Wildman–Crippen MR) is 26.9 cm³/mol. The van der Waals surface area contributed by atoms with Crippen LogP contribution in [-0.4, -0.2) is 27.1 Å². The van der Waals surface area contributed by atoms with Crippen molar-refractivity contribution in [3.8, 4) is 0 Å². The van der Waals surface area contributed by atoms with E-state index in [4.69, 9.17) is 8.85 Å². The molecule has 0 aromatic heterocycles. The van der Waals surface area contributed by atoms with E-state index < -0.39 is 6.16 Å². The van der Waals surface area contributed by atoms with Gasteiger partial charge in [-0.15, -0.1) is 9.78 Å². The maximum absolute atomic E-state index is 4.70. The van der Waals surface area contributed by atoms with Crippen LogP contribution in [0.15, 0.2) is 0 Å². The summed E-state index contributed by atoms with van der Waals surface area (Å²) in [5, 5.41) is 0. The number of hydrogen-bond donors (Lipinski definition) is 0. The Hall–Kier alpha value is 0.274. The summed E-state index contributed by atoms with van der Waals surface area (Å²) in [4.78, 5) is 8.64. The second-order valence-electron chi connectivity index (χ2n) is 1.07. The molecular weight excluding hydrogens is 132 g/mol. The molecule has 0 amide bonds. The van der Waals surface area contributed by atoms with E-state index >= 15 is 0 Å². The van der Waals surface area contributed by atoms with E-state index in [0.717, 1.165) is 0 Å². The second-order valence-corrected chi connectivity index (χ2v) is 1.89. The molecule has 42 valence electrons. The van der Waals surface area contributed by atoms with Crippen LogP contribution < -0.4 is 0 Å². The SMILES string of the molecule is [SiH3]OC1(O[SiH3])OO1. The Labute approximate surface area is 46.7 Å². The van der Waals surface area contributed by atoms with Gasteiger partial charge in [-0.2, -0.15) is 0 Å². The molecule has 1 rings (SSSR count). The van der Waals surface area contributed by atoms with E-state index in [1.807, 2.05) is 0 Å². The van der Waals surface area contributed by atoms with Crippen LogP contribution in [0.2, 0.25) is 0 Å². The van der Waals surface area contributed by atoms with Gasteiger partial charge in [0.15, 0.2) is 21.0 Å². The monoisotopic (exact) mass is 138 g/mol. The zero-order valence-electron chi connectivity index (χ0n) is 4.13. The molecule has 6 heteroatoms. The average molecular weight is 138 g/mol. The first-order chi connectivity index (χ1) is 3.33. The summed E-state index contributed by atoms with van der Waals surface area (Å²) in [6.07, 6.45) is -1.04. The zero-order chi connectivity index (χ0) is 5.33. The van der Waals surface area contributed by atoms with Crippen LogP contribution in [0.25, 0.3) is 0 Å². The van der Waals surface area contributed by atoms with E-state index in [1.54, 1.807) is 0 Å². The van der Waals surface area contributed by atoms with Crippen LogP contribution >= 0.6 is 0 Å². The van der Waals surface area contributed by atoms with Crippen LogP contribution in [0.1, 0.15) is 0 Å². The first-order valence-electron chi connectivity index (χ1n) is 1.80. The molecule has 0 aliphatic carbocycles. The molecule has 0 spiro atoms. The normalized spacial score (nSPS) is 25.7. The molecule has 1 saturated heterocycles. The summed E-state index contributed by atoms with van der Waals surface area (Å²) >= 11 is 0. The standard InChI is InChI=1S/CH6O4Si2/c6-4-1(5-7)2-3-1/h6-7H3. The lowest BCUT2D eigenvalue weighted by Gasteiger charge is -1.98. The smallest absolute Gasteiger partial charge is 0.354 e. The van der Waals surface area contributed by atoms with Crippen molar-refractivity contribution in [2.24, 2.45) is 0 Å². The maximum atomic E-state index is 4.70. The van der Waals surface area contributed by atoms with E-state index in [9.17, 15) is 0 Å². The molecular formula is CH6O4Si2. The molecule has 0 unspecified atom stereocenters. The summed E-state index contributed by atoms with van der Waals surface area (Å²) in [5.41, 5.74) is 0. The second kappa shape index (κ2) is 1.65. The summed E-state index contributed by atoms with van der Waals surface area (Å²) < 4.78 is 9.41. The van der Waals surface area contributed by atoms with Crippen molar-refractivity contribution >= 4 is 21.0 Å². The fourth-order valence-electron chi connectivity index (χ4n) is 0.253. The molecule has 1 aliphatic rings. The Morgan fingerprint density at radius 3 is 1.57 bits per heavy atom. The minimum absolute atomic E-state index is 0.567. The lowest BCUT2D eigenvalue weighted by atomic mass is 11.2. The largest absolute Gasteiger partial charge is 0.445 e. The van der Waals surface area contributed by atoms with Crippen LogP contribution in [0, 0.1) is 0 Å². The Balaban J connectivity index is 2.28. The Morgan fingerprint density at radius 1 is 1.14 bits per heavy atom. The molecule has 1 heterocycles. The van der Waals surface area contributed by atoms with Gasteiger partial charge in [-0.3, -0.25) is 0 Å². The molecule has 0 aromatic carbocycles. The Kier molecular flexibility index (Phi) is 1.28. The van der Waals surface area contributed by atoms with Crippen molar-refractivity contribution < 1.29 is 18.6 Å².